The monoisotopic (exact) mass is 592 g/mol. The first-order chi connectivity index (χ1) is 21.1. The Labute approximate surface area is 263 Å². The molecule has 6 heteroatoms. The average molecular weight is 593 g/mol. The fourth-order valence-electron chi connectivity index (χ4n) is 6.88. The number of fused-ring (bicyclic) bond motifs is 1. The van der Waals surface area contributed by atoms with Crippen LogP contribution in [0.25, 0.3) is 11.1 Å². The van der Waals surface area contributed by atoms with Gasteiger partial charge in [-0.05, 0) is 96.4 Å². The van der Waals surface area contributed by atoms with Gasteiger partial charge in [-0.15, -0.1) is 0 Å². The number of nitrogens with two attached hydrogens (primary N) is 1. The topological polar surface area (TPSA) is 78.7 Å². The van der Waals surface area contributed by atoms with E-state index in [0.717, 1.165) is 86.1 Å². The molecule has 1 heterocycles. The lowest BCUT2D eigenvalue weighted by Gasteiger charge is -2.36. The summed E-state index contributed by atoms with van der Waals surface area (Å²) in [5, 5.41) is 3.28. The normalized spacial score (nSPS) is 20.1. The molecule has 44 heavy (non-hydrogen) atoms. The number of rotatable bonds is 8. The molecule has 0 atom stereocenters. The fraction of sp³-hybridized carbons (Fsp3) is 0.474. The summed E-state index contributed by atoms with van der Waals surface area (Å²) in [4.78, 5) is 31.1. The van der Waals surface area contributed by atoms with Crippen LogP contribution in [0, 0.1) is 11.3 Å². The zero-order chi connectivity index (χ0) is 30.8. The van der Waals surface area contributed by atoms with E-state index < -0.39 is 0 Å². The molecular weight excluding hydrogens is 544 g/mol. The quantitative estimate of drug-likeness (QED) is 0.288. The molecule has 2 aliphatic carbocycles. The Kier molecular flexibility index (Phi) is 8.82. The van der Waals surface area contributed by atoms with Crippen LogP contribution >= 0.6 is 0 Å². The lowest BCUT2D eigenvalue weighted by atomic mass is 9.90. The minimum absolute atomic E-state index is 0.0310. The first-order valence-electron chi connectivity index (χ1n) is 16.5. The van der Waals surface area contributed by atoms with Gasteiger partial charge in [0.15, 0.2) is 0 Å². The Morgan fingerprint density at radius 2 is 1.61 bits per heavy atom. The number of amides is 2. The van der Waals surface area contributed by atoms with Gasteiger partial charge in [0.1, 0.15) is 0 Å². The second-order valence-corrected chi connectivity index (χ2v) is 14.5. The molecule has 6 nitrogen and oxygen atoms in total. The summed E-state index contributed by atoms with van der Waals surface area (Å²) in [5.41, 5.74) is 14.0. The number of hydrogen-bond donors (Lipinski definition) is 2. The number of anilines is 2. The molecule has 2 amide bonds. The van der Waals surface area contributed by atoms with E-state index in [-0.39, 0.29) is 29.3 Å². The molecule has 0 spiro atoms. The lowest BCUT2D eigenvalue weighted by molar-refractivity contribution is -0.136. The summed E-state index contributed by atoms with van der Waals surface area (Å²) in [6.07, 6.45) is 7.40. The third kappa shape index (κ3) is 7.35. The first kappa shape index (κ1) is 30.4. The number of benzene rings is 3. The van der Waals surface area contributed by atoms with Gasteiger partial charge in [-0.3, -0.25) is 9.59 Å². The van der Waals surface area contributed by atoms with Crippen molar-refractivity contribution < 1.29 is 9.59 Å². The molecule has 2 saturated carbocycles. The van der Waals surface area contributed by atoms with Crippen LogP contribution in [0.15, 0.2) is 66.7 Å². The Hall–Kier alpha value is -3.64. The van der Waals surface area contributed by atoms with Crippen LogP contribution in [-0.4, -0.2) is 35.3 Å². The summed E-state index contributed by atoms with van der Waals surface area (Å²) in [6, 6.07) is 24.2. The van der Waals surface area contributed by atoms with E-state index in [4.69, 9.17) is 5.73 Å². The van der Waals surface area contributed by atoms with Crippen LogP contribution < -0.4 is 16.0 Å². The predicted molar refractivity (Wildman–Crippen MR) is 179 cm³/mol. The van der Waals surface area contributed by atoms with Gasteiger partial charge < -0.3 is 20.9 Å². The molecule has 6 rings (SSSR count). The summed E-state index contributed by atoms with van der Waals surface area (Å²) in [7, 11) is 0. The van der Waals surface area contributed by atoms with Crippen molar-refractivity contribution in [1.82, 2.24) is 4.90 Å². The number of nitrogens with zero attached hydrogens (tertiary/aromatic N) is 2. The summed E-state index contributed by atoms with van der Waals surface area (Å²) in [6.45, 7) is 8.64. The highest BCUT2D eigenvalue weighted by atomic mass is 16.2. The smallest absolute Gasteiger partial charge is 0.226 e. The summed E-state index contributed by atoms with van der Waals surface area (Å²) < 4.78 is 0. The second kappa shape index (κ2) is 12.8. The van der Waals surface area contributed by atoms with E-state index >= 15 is 0 Å². The SMILES string of the molecule is CC(C)(C)CC(=O)Nc1cc(-c2cccc(CN(C(=O)C3CC3)C3CCC(N)CC3)c2)ccc1N1CCc2ccccc2C1. The summed E-state index contributed by atoms with van der Waals surface area (Å²) in [5.74, 6) is 0.540. The summed E-state index contributed by atoms with van der Waals surface area (Å²) >= 11 is 0. The maximum atomic E-state index is 13.4. The Morgan fingerprint density at radius 1 is 0.886 bits per heavy atom. The van der Waals surface area contributed by atoms with Gasteiger partial charge in [-0.2, -0.15) is 0 Å². The fourth-order valence-corrected chi connectivity index (χ4v) is 6.88. The minimum atomic E-state index is -0.104. The number of nitrogens with one attached hydrogen (secondary N) is 1. The Bertz CT molecular complexity index is 1500. The van der Waals surface area contributed by atoms with Gasteiger partial charge in [-0.1, -0.05) is 69.3 Å². The molecule has 1 aliphatic heterocycles. The maximum absolute atomic E-state index is 13.4. The highest BCUT2D eigenvalue weighted by Crippen LogP contribution is 2.37. The van der Waals surface area contributed by atoms with Crippen molar-refractivity contribution in [3.05, 3.63) is 83.4 Å². The van der Waals surface area contributed by atoms with Crippen molar-refractivity contribution >= 4 is 23.2 Å². The highest BCUT2D eigenvalue weighted by Gasteiger charge is 2.37. The van der Waals surface area contributed by atoms with Crippen molar-refractivity contribution in [2.45, 2.75) is 97.3 Å². The average Bonchev–Trinajstić information content (AvgIpc) is 3.85. The molecule has 0 radical (unpaired) electrons. The number of hydrogen-bond acceptors (Lipinski definition) is 4. The highest BCUT2D eigenvalue weighted by molar-refractivity contribution is 5.96. The molecule has 3 aliphatic rings. The van der Waals surface area contributed by atoms with Crippen molar-refractivity contribution in [3.63, 3.8) is 0 Å². The van der Waals surface area contributed by atoms with E-state index in [9.17, 15) is 9.59 Å². The van der Waals surface area contributed by atoms with Crippen LogP contribution in [0.4, 0.5) is 11.4 Å². The van der Waals surface area contributed by atoms with Crippen LogP contribution in [-0.2, 0) is 29.1 Å². The van der Waals surface area contributed by atoms with E-state index in [2.05, 4.69) is 103 Å². The first-order valence-corrected chi connectivity index (χ1v) is 16.5. The van der Waals surface area contributed by atoms with Crippen molar-refractivity contribution in [2.75, 3.05) is 16.8 Å². The Morgan fingerprint density at radius 3 is 2.34 bits per heavy atom. The molecule has 3 aromatic carbocycles. The van der Waals surface area contributed by atoms with Gasteiger partial charge in [0, 0.05) is 44.1 Å². The van der Waals surface area contributed by atoms with Crippen molar-refractivity contribution in [2.24, 2.45) is 17.1 Å². The van der Waals surface area contributed by atoms with Gasteiger partial charge in [0.2, 0.25) is 11.8 Å². The van der Waals surface area contributed by atoms with Crippen molar-refractivity contribution in [3.8, 4) is 11.1 Å². The second-order valence-electron chi connectivity index (χ2n) is 14.5. The molecule has 232 valence electrons. The molecule has 0 aromatic heterocycles. The third-order valence-electron chi connectivity index (χ3n) is 9.44. The Balaban J connectivity index is 1.27. The van der Waals surface area contributed by atoms with E-state index in [1.165, 1.54) is 11.1 Å². The van der Waals surface area contributed by atoms with Gasteiger partial charge in [0.25, 0.3) is 0 Å². The van der Waals surface area contributed by atoms with E-state index in [0.29, 0.717) is 18.9 Å². The molecule has 0 unspecified atom stereocenters. The molecular formula is C38H48N4O2. The van der Waals surface area contributed by atoms with Gasteiger partial charge in [-0.25, -0.2) is 0 Å². The van der Waals surface area contributed by atoms with Gasteiger partial charge in [0.05, 0.1) is 11.4 Å². The maximum Gasteiger partial charge on any atom is 0.226 e. The van der Waals surface area contributed by atoms with E-state index in [1.54, 1.807) is 0 Å². The molecule has 0 bridgehead atoms. The van der Waals surface area contributed by atoms with Crippen LogP contribution in [0.5, 0.6) is 0 Å². The lowest BCUT2D eigenvalue weighted by Crippen LogP contribution is -2.44. The minimum Gasteiger partial charge on any atom is -0.365 e. The zero-order valence-corrected chi connectivity index (χ0v) is 26.6. The number of carbonyl (C=O) groups excluding carboxylic acids is 2. The molecule has 3 N–H and O–H groups in total. The predicted octanol–water partition coefficient (Wildman–Crippen LogP) is 7.30. The third-order valence-corrected chi connectivity index (χ3v) is 9.44. The van der Waals surface area contributed by atoms with Crippen molar-refractivity contribution in [1.29, 1.82) is 0 Å². The van der Waals surface area contributed by atoms with Crippen LogP contribution in [0.3, 0.4) is 0 Å². The molecule has 2 fully saturated rings. The zero-order valence-electron chi connectivity index (χ0n) is 26.6. The molecule has 0 saturated heterocycles. The number of carbonyl (C=O) groups is 2. The van der Waals surface area contributed by atoms with Crippen LogP contribution in [0.2, 0.25) is 0 Å². The molecule has 3 aromatic rings. The van der Waals surface area contributed by atoms with Gasteiger partial charge >= 0.3 is 0 Å². The standard InChI is InChI=1S/C38H48N4O2/c1-38(2,3)23-36(43)40-34-22-30(13-18-35(34)41-20-19-27-8-4-5-9-31(27)25-41)29-10-6-7-26(21-29)24-42(37(44)28-11-12-28)33-16-14-32(39)15-17-33/h4-10,13,18,21-22,28,32-33H,11-12,14-17,19-20,23-25,39H2,1-3H3,(H,40,43). The van der Waals surface area contributed by atoms with Crippen LogP contribution in [0.1, 0.15) is 82.4 Å². The van der Waals surface area contributed by atoms with E-state index in [1.807, 2.05) is 0 Å². The largest absolute Gasteiger partial charge is 0.365 e.